The van der Waals surface area contributed by atoms with Crippen molar-refractivity contribution in [1.82, 2.24) is 9.88 Å². The lowest BCUT2D eigenvalue weighted by Gasteiger charge is -2.25. The molecular formula is C21H24ClN3O3. The lowest BCUT2D eigenvalue weighted by molar-refractivity contribution is -0.130. The minimum absolute atomic E-state index is 0.0897. The number of carbonyl (C=O) groups is 1. The first-order valence-corrected chi connectivity index (χ1v) is 10.0. The van der Waals surface area contributed by atoms with Gasteiger partial charge < -0.3 is 19.3 Å². The Morgan fingerprint density at radius 2 is 1.93 bits per heavy atom. The maximum absolute atomic E-state index is 12.9. The van der Waals surface area contributed by atoms with Crippen LogP contribution >= 0.6 is 11.6 Å². The van der Waals surface area contributed by atoms with Crippen molar-refractivity contribution in [3.05, 3.63) is 46.7 Å². The molecule has 2 aromatic rings. The van der Waals surface area contributed by atoms with Crippen molar-refractivity contribution < 1.29 is 14.3 Å². The summed E-state index contributed by atoms with van der Waals surface area (Å²) in [4.78, 5) is 21.4. The first-order chi connectivity index (χ1) is 13.6. The standard InChI is InChI=1S/C21H24ClN3O3/c1-15-14-23-4-3-18(15)24-5-2-6-25(8-7-24)21(26)12-16-11-19-20(13-17(16)22)28-10-9-27-19/h3-4,11,13-14H,2,5-10,12H2,1H3. The zero-order valence-corrected chi connectivity index (χ0v) is 16.7. The van der Waals surface area contributed by atoms with E-state index in [4.69, 9.17) is 21.1 Å². The van der Waals surface area contributed by atoms with Gasteiger partial charge in [-0.25, -0.2) is 0 Å². The van der Waals surface area contributed by atoms with Crippen LogP contribution in [-0.4, -0.2) is 55.2 Å². The fourth-order valence-corrected chi connectivity index (χ4v) is 3.97. The van der Waals surface area contributed by atoms with Gasteiger partial charge in [0.15, 0.2) is 11.5 Å². The van der Waals surface area contributed by atoms with Crippen molar-refractivity contribution in [2.75, 3.05) is 44.3 Å². The Morgan fingerprint density at radius 3 is 2.71 bits per heavy atom. The highest BCUT2D eigenvalue weighted by Gasteiger charge is 2.22. The first-order valence-electron chi connectivity index (χ1n) is 9.63. The quantitative estimate of drug-likeness (QED) is 0.791. The second-order valence-electron chi connectivity index (χ2n) is 7.15. The summed E-state index contributed by atoms with van der Waals surface area (Å²) >= 11 is 6.38. The number of hydrogen-bond donors (Lipinski definition) is 0. The van der Waals surface area contributed by atoms with Gasteiger partial charge in [-0.1, -0.05) is 11.6 Å². The summed E-state index contributed by atoms with van der Waals surface area (Å²) in [6.07, 6.45) is 4.90. The van der Waals surface area contributed by atoms with Crippen LogP contribution in [0.2, 0.25) is 5.02 Å². The predicted octanol–water partition coefficient (Wildman–Crippen LogP) is 3.10. The van der Waals surface area contributed by atoms with Crippen LogP contribution in [-0.2, 0) is 11.2 Å². The van der Waals surface area contributed by atoms with Gasteiger partial charge in [0.1, 0.15) is 13.2 Å². The molecule has 4 rings (SSSR count). The number of fused-ring (bicyclic) bond motifs is 1. The summed E-state index contributed by atoms with van der Waals surface area (Å²) < 4.78 is 11.2. The van der Waals surface area contributed by atoms with E-state index < -0.39 is 0 Å². The summed E-state index contributed by atoms with van der Waals surface area (Å²) in [7, 11) is 0. The van der Waals surface area contributed by atoms with Crippen molar-refractivity contribution >= 4 is 23.2 Å². The van der Waals surface area contributed by atoms with Gasteiger partial charge in [-0.15, -0.1) is 0 Å². The normalized spacial score (nSPS) is 16.6. The molecule has 1 aromatic carbocycles. The zero-order valence-electron chi connectivity index (χ0n) is 16.0. The predicted molar refractivity (Wildman–Crippen MR) is 109 cm³/mol. The summed E-state index contributed by atoms with van der Waals surface area (Å²) in [6.45, 7) is 6.29. The van der Waals surface area contributed by atoms with Crippen LogP contribution in [0.3, 0.4) is 0 Å². The monoisotopic (exact) mass is 401 g/mol. The second kappa shape index (κ2) is 8.27. The third-order valence-electron chi connectivity index (χ3n) is 5.23. The molecule has 1 saturated heterocycles. The Bertz CT molecular complexity index is 874. The molecule has 1 aromatic heterocycles. The molecule has 148 valence electrons. The van der Waals surface area contributed by atoms with Crippen molar-refractivity contribution in [3.8, 4) is 11.5 Å². The lowest BCUT2D eigenvalue weighted by atomic mass is 10.1. The summed E-state index contributed by atoms with van der Waals surface area (Å²) in [5, 5.41) is 0.543. The first kappa shape index (κ1) is 18.9. The van der Waals surface area contributed by atoms with E-state index in [0.717, 1.165) is 37.2 Å². The number of nitrogens with zero attached hydrogens (tertiary/aromatic N) is 3. The van der Waals surface area contributed by atoms with Gasteiger partial charge in [0.05, 0.1) is 6.42 Å². The van der Waals surface area contributed by atoms with Gasteiger partial charge >= 0.3 is 0 Å². The molecule has 3 heterocycles. The van der Waals surface area contributed by atoms with Crippen LogP contribution in [0.25, 0.3) is 0 Å². The highest BCUT2D eigenvalue weighted by atomic mass is 35.5. The Hall–Kier alpha value is -2.47. The number of rotatable bonds is 3. The minimum atomic E-state index is 0.0897. The van der Waals surface area contributed by atoms with E-state index in [2.05, 4.69) is 16.8 Å². The third-order valence-corrected chi connectivity index (χ3v) is 5.58. The minimum Gasteiger partial charge on any atom is -0.486 e. The molecule has 0 N–H and O–H groups in total. The van der Waals surface area contributed by atoms with E-state index >= 15 is 0 Å². The average Bonchev–Trinajstić information content (AvgIpc) is 2.95. The maximum atomic E-state index is 12.9. The fourth-order valence-electron chi connectivity index (χ4n) is 3.74. The number of aromatic nitrogens is 1. The molecule has 2 aliphatic rings. The summed E-state index contributed by atoms with van der Waals surface area (Å²) in [5.41, 5.74) is 3.13. The molecule has 0 aliphatic carbocycles. The molecule has 2 aliphatic heterocycles. The van der Waals surface area contributed by atoms with E-state index in [-0.39, 0.29) is 12.3 Å². The molecule has 28 heavy (non-hydrogen) atoms. The summed E-state index contributed by atoms with van der Waals surface area (Å²) in [5.74, 6) is 1.39. The van der Waals surface area contributed by atoms with Gasteiger partial charge in [0.25, 0.3) is 0 Å². The number of carbonyl (C=O) groups excluding carboxylic acids is 1. The Morgan fingerprint density at radius 1 is 1.14 bits per heavy atom. The number of aryl methyl sites for hydroxylation is 1. The SMILES string of the molecule is Cc1cnccc1N1CCCN(C(=O)Cc2cc3c(cc2Cl)OCCO3)CC1. The van der Waals surface area contributed by atoms with Gasteiger partial charge in [-0.2, -0.15) is 0 Å². The number of benzene rings is 1. The lowest BCUT2D eigenvalue weighted by Crippen LogP contribution is -2.36. The molecule has 7 heteroatoms. The van der Waals surface area contributed by atoms with Gasteiger partial charge in [-0.3, -0.25) is 9.78 Å². The molecular weight excluding hydrogens is 378 g/mol. The van der Waals surface area contributed by atoms with Crippen molar-refractivity contribution in [2.24, 2.45) is 0 Å². The molecule has 0 atom stereocenters. The third kappa shape index (κ3) is 4.02. The highest BCUT2D eigenvalue weighted by molar-refractivity contribution is 6.31. The molecule has 0 bridgehead atoms. The fraction of sp³-hybridized carbons (Fsp3) is 0.429. The average molecular weight is 402 g/mol. The molecule has 0 spiro atoms. The largest absolute Gasteiger partial charge is 0.486 e. The van der Waals surface area contributed by atoms with Crippen LogP contribution in [0.1, 0.15) is 17.5 Å². The van der Waals surface area contributed by atoms with Gasteiger partial charge in [-0.05, 0) is 36.6 Å². The van der Waals surface area contributed by atoms with Crippen LogP contribution in [0.4, 0.5) is 5.69 Å². The van der Waals surface area contributed by atoms with Crippen molar-refractivity contribution in [3.63, 3.8) is 0 Å². The van der Waals surface area contributed by atoms with E-state index in [1.165, 1.54) is 5.69 Å². The van der Waals surface area contributed by atoms with Crippen LogP contribution < -0.4 is 14.4 Å². The molecule has 1 fully saturated rings. The van der Waals surface area contributed by atoms with Crippen molar-refractivity contribution in [2.45, 2.75) is 19.8 Å². The topological polar surface area (TPSA) is 54.9 Å². The Balaban J connectivity index is 1.42. The van der Waals surface area contributed by atoms with E-state index in [1.54, 1.807) is 6.07 Å². The number of hydrogen-bond acceptors (Lipinski definition) is 5. The van der Waals surface area contributed by atoms with E-state index in [9.17, 15) is 4.79 Å². The number of ether oxygens (including phenoxy) is 2. The number of pyridine rings is 1. The molecule has 1 amide bonds. The smallest absolute Gasteiger partial charge is 0.227 e. The van der Waals surface area contributed by atoms with Crippen molar-refractivity contribution in [1.29, 1.82) is 0 Å². The van der Waals surface area contributed by atoms with Gasteiger partial charge in [0.2, 0.25) is 5.91 Å². The number of halogens is 1. The summed E-state index contributed by atoms with van der Waals surface area (Å²) in [6, 6.07) is 5.62. The maximum Gasteiger partial charge on any atom is 0.227 e. The van der Waals surface area contributed by atoms with Crippen LogP contribution in [0.5, 0.6) is 11.5 Å². The van der Waals surface area contributed by atoms with E-state index in [0.29, 0.717) is 36.3 Å². The zero-order chi connectivity index (χ0) is 19.5. The molecule has 0 unspecified atom stereocenters. The van der Waals surface area contributed by atoms with E-state index in [1.807, 2.05) is 29.4 Å². The number of amides is 1. The molecule has 0 radical (unpaired) electrons. The molecule has 6 nitrogen and oxygen atoms in total. The second-order valence-corrected chi connectivity index (χ2v) is 7.55. The van der Waals surface area contributed by atoms with Crippen LogP contribution in [0.15, 0.2) is 30.6 Å². The molecule has 0 saturated carbocycles. The highest BCUT2D eigenvalue weighted by Crippen LogP contribution is 2.35. The number of anilines is 1. The Kier molecular flexibility index (Phi) is 5.57. The van der Waals surface area contributed by atoms with Crippen LogP contribution in [0, 0.1) is 6.92 Å². The van der Waals surface area contributed by atoms with Gasteiger partial charge in [0, 0.05) is 55.3 Å². The Labute approximate surface area is 170 Å².